The number of hydrogen-bond donors (Lipinski definition) is 1. The lowest BCUT2D eigenvalue weighted by Crippen LogP contribution is -2.16. The first-order valence-corrected chi connectivity index (χ1v) is 6.48. The molecule has 0 fully saturated rings. The summed E-state index contributed by atoms with van der Waals surface area (Å²) in [7, 11) is 0. The Morgan fingerprint density at radius 3 is 2.65 bits per heavy atom. The predicted molar refractivity (Wildman–Crippen MR) is 76.0 cm³/mol. The van der Waals surface area contributed by atoms with Gasteiger partial charge in [-0.15, -0.1) is 0 Å². The maximum Gasteiger partial charge on any atom is 0.267 e. The number of carbonyl (C=O) groups excluding carboxylic acids is 1. The summed E-state index contributed by atoms with van der Waals surface area (Å²) in [6, 6.07) is 8.86. The van der Waals surface area contributed by atoms with Crippen LogP contribution < -0.4 is 10.3 Å². The highest BCUT2D eigenvalue weighted by molar-refractivity contribution is 6.63. The summed E-state index contributed by atoms with van der Waals surface area (Å²) in [5, 5.41) is 5.74. The molecule has 0 aliphatic heterocycles. The van der Waals surface area contributed by atoms with E-state index < -0.39 is 10.8 Å². The monoisotopic (exact) mass is 292 g/mol. The van der Waals surface area contributed by atoms with Gasteiger partial charge in [0.2, 0.25) is 5.24 Å². The molecule has 0 aliphatic carbocycles. The molecule has 2 aromatic rings. The zero-order valence-electron chi connectivity index (χ0n) is 10.9. The van der Waals surface area contributed by atoms with Crippen molar-refractivity contribution in [2.45, 2.75) is 13.3 Å². The topological polar surface area (TPSA) is 72.1 Å². The van der Waals surface area contributed by atoms with Gasteiger partial charge < -0.3 is 4.74 Å². The number of hydrogen-bond acceptors (Lipinski definition) is 4. The zero-order chi connectivity index (χ0) is 14.5. The van der Waals surface area contributed by atoms with Crippen molar-refractivity contribution in [3.05, 3.63) is 46.2 Å². The van der Waals surface area contributed by atoms with Gasteiger partial charge in [0.05, 0.1) is 18.7 Å². The Morgan fingerprint density at radius 2 is 2.05 bits per heavy atom. The predicted octanol–water partition coefficient (Wildman–Crippen LogP) is 2.14. The van der Waals surface area contributed by atoms with Crippen molar-refractivity contribution in [3.63, 3.8) is 0 Å². The van der Waals surface area contributed by atoms with Gasteiger partial charge in [0.25, 0.3) is 5.56 Å². The Bertz CT molecular complexity index is 665. The molecule has 0 spiro atoms. The van der Waals surface area contributed by atoms with Gasteiger partial charge in [0, 0.05) is 11.1 Å². The van der Waals surface area contributed by atoms with Gasteiger partial charge in [-0.1, -0.05) is 0 Å². The largest absolute Gasteiger partial charge is 0.494 e. The molecule has 0 atom stereocenters. The fraction of sp³-hybridized carbons (Fsp3) is 0.214. The van der Waals surface area contributed by atoms with Crippen LogP contribution >= 0.6 is 11.6 Å². The summed E-state index contributed by atoms with van der Waals surface area (Å²) >= 11 is 5.31. The number of aromatic amines is 1. The first-order chi connectivity index (χ1) is 9.60. The van der Waals surface area contributed by atoms with Gasteiger partial charge in [0.15, 0.2) is 0 Å². The van der Waals surface area contributed by atoms with E-state index >= 15 is 0 Å². The van der Waals surface area contributed by atoms with Crippen LogP contribution in [0.15, 0.2) is 35.1 Å². The van der Waals surface area contributed by atoms with E-state index in [1.165, 1.54) is 0 Å². The average Bonchev–Trinajstić information content (AvgIpc) is 2.42. The SMILES string of the molecule is CCOc1ccc(-c2cc(CC(=O)Cl)c(=O)[nH]n2)cc1. The van der Waals surface area contributed by atoms with Crippen molar-refractivity contribution in [1.82, 2.24) is 10.2 Å². The Kier molecular flexibility index (Phi) is 4.53. The number of ether oxygens (including phenoxy) is 1. The normalized spacial score (nSPS) is 10.3. The molecule has 0 unspecified atom stereocenters. The highest BCUT2D eigenvalue weighted by Gasteiger charge is 2.08. The molecule has 1 heterocycles. The van der Waals surface area contributed by atoms with Crippen LogP contribution in [0.5, 0.6) is 5.75 Å². The molecule has 0 saturated carbocycles. The Hall–Kier alpha value is -2.14. The summed E-state index contributed by atoms with van der Waals surface area (Å²) in [5.74, 6) is 0.761. The second kappa shape index (κ2) is 6.34. The highest BCUT2D eigenvalue weighted by atomic mass is 35.5. The minimum Gasteiger partial charge on any atom is -0.494 e. The summed E-state index contributed by atoms with van der Waals surface area (Å²) in [5.41, 5.74) is 1.27. The third-order valence-electron chi connectivity index (χ3n) is 2.67. The lowest BCUT2D eigenvalue weighted by atomic mass is 10.1. The van der Waals surface area contributed by atoms with Crippen molar-refractivity contribution in [2.24, 2.45) is 0 Å². The maximum atomic E-state index is 11.5. The maximum absolute atomic E-state index is 11.5. The summed E-state index contributed by atoms with van der Waals surface area (Å²) < 4.78 is 5.35. The van der Waals surface area contributed by atoms with Crippen molar-refractivity contribution in [1.29, 1.82) is 0 Å². The van der Waals surface area contributed by atoms with E-state index in [0.29, 0.717) is 17.9 Å². The Balaban J connectivity index is 2.32. The summed E-state index contributed by atoms with van der Waals surface area (Å²) in [6.07, 6.45) is -0.122. The molecule has 1 aromatic carbocycles. The van der Waals surface area contributed by atoms with Crippen molar-refractivity contribution < 1.29 is 9.53 Å². The van der Waals surface area contributed by atoms with Gasteiger partial charge in [-0.05, 0) is 48.9 Å². The molecule has 0 bridgehead atoms. The molecule has 104 valence electrons. The molecule has 0 aliphatic rings. The van der Waals surface area contributed by atoms with Crippen molar-refractivity contribution in [3.8, 4) is 17.0 Å². The van der Waals surface area contributed by atoms with E-state index in [1.54, 1.807) is 6.07 Å². The van der Waals surface area contributed by atoms with E-state index in [1.807, 2.05) is 31.2 Å². The number of halogens is 1. The number of aromatic nitrogens is 2. The third-order valence-corrected chi connectivity index (χ3v) is 2.80. The second-order valence-electron chi connectivity index (χ2n) is 4.10. The number of nitrogens with one attached hydrogen (secondary N) is 1. The van der Waals surface area contributed by atoms with Crippen LogP contribution in [0.25, 0.3) is 11.3 Å². The summed E-state index contributed by atoms with van der Waals surface area (Å²) in [6.45, 7) is 2.51. The molecule has 20 heavy (non-hydrogen) atoms. The van der Waals surface area contributed by atoms with Gasteiger partial charge >= 0.3 is 0 Å². The average molecular weight is 293 g/mol. The Labute approximate surface area is 120 Å². The Morgan fingerprint density at radius 1 is 1.35 bits per heavy atom. The molecule has 0 amide bonds. The van der Waals surface area contributed by atoms with Crippen LogP contribution in [-0.4, -0.2) is 22.0 Å². The second-order valence-corrected chi connectivity index (χ2v) is 4.52. The van der Waals surface area contributed by atoms with Gasteiger partial charge in [0.1, 0.15) is 5.75 Å². The van der Waals surface area contributed by atoms with Crippen LogP contribution in [0.3, 0.4) is 0 Å². The minimum atomic E-state index is -0.584. The fourth-order valence-electron chi connectivity index (χ4n) is 1.76. The van der Waals surface area contributed by atoms with Crippen LogP contribution in [0.2, 0.25) is 0 Å². The first-order valence-electron chi connectivity index (χ1n) is 6.10. The summed E-state index contributed by atoms with van der Waals surface area (Å²) in [4.78, 5) is 22.4. The van der Waals surface area contributed by atoms with Crippen LogP contribution in [-0.2, 0) is 11.2 Å². The smallest absolute Gasteiger partial charge is 0.267 e. The molecule has 2 rings (SSSR count). The minimum absolute atomic E-state index is 0.122. The first kappa shape index (κ1) is 14.3. The molecule has 0 radical (unpaired) electrons. The third kappa shape index (κ3) is 3.45. The van der Waals surface area contributed by atoms with Crippen molar-refractivity contribution >= 4 is 16.8 Å². The number of nitrogens with zero attached hydrogens (tertiary/aromatic N) is 1. The van der Waals surface area contributed by atoms with E-state index in [-0.39, 0.29) is 6.42 Å². The lowest BCUT2D eigenvalue weighted by molar-refractivity contribution is -0.111. The van der Waals surface area contributed by atoms with Gasteiger partial charge in [-0.25, -0.2) is 5.10 Å². The molecular weight excluding hydrogens is 280 g/mol. The van der Waals surface area contributed by atoms with E-state index in [9.17, 15) is 9.59 Å². The van der Waals surface area contributed by atoms with Gasteiger partial charge in [-0.3, -0.25) is 9.59 Å². The van der Waals surface area contributed by atoms with Gasteiger partial charge in [-0.2, -0.15) is 5.10 Å². The molecule has 5 nitrogen and oxygen atoms in total. The molecule has 1 N–H and O–H groups in total. The molecular formula is C14H13ClN2O3. The molecule has 1 aromatic heterocycles. The van der Waals surface area contributed by atoms with E-state index in [0.717, 1.165) is 11.3 Å². The fourth-order valence-corrected chi connectivity index (χ4v) is 1.91. The highest BCUT2D eigenvalue weighted by Crippen LogP contribution is 2.20. The van der Waals surface area contributed by atoms with Crippen LogP contribution in [0, 0.1) is 0 Å². The van der Waals surface area contributed by atoms with E-state index in [4.69, 9.17) is 16.3 Å². The van der Waals surface area contributed by atoms with Crippen LogP contribution in [0.4, 0.5) is 0 Å². The quantitative estimate of drug-likeness (QED) is 0.857. The number of carbonyl (C=O) groups is 1. The standard InChI is InChI=1S/C14H13ClN2O3/c1-2-20-11-5-3-9(4-6-11)12-7-10(8-13(15)18)14(19)17-16-12/h3-7H,2,8H2,1H3,(H,17,19). The molecule has 0 saturated heterocycles. The molecule has 6 heteroatoms. The lowest BCUT2D eigenvalue weighted by Gasteiger charge is -2.05. The number of rotatable bonds is 5. The number of H-pyrrole nitrogens is 1. The van der Waals surface area contributed by atoms with Crippen molar-refractivity contribution in [2.75, 3.05) is 6.61 Å². The zero-order valence-corrected chi connectivity index (χ0v) is 11.6. The van der Waals surface area contributed by atoms with Crippen LogP contribution in [0.1, 0.15) is 12.5 Å². The number of benzene rings is 1. The van der Waals surface area contributed by atoms with E-state index in [2.05, 4.69) is 10.2 Å².